The zero-order chi connectivity index (χ0) is 24.6. The molecule has 1 aliphatic rings. The minimum absolute atomic E-state index is 0.0904. The number of rotatable bonds is 6. The van der Waals surface area contributed by atoms with E-state index in [0.717, 1.165) is 0 Å². The summed E-state index contributed by atoms with van der Waals surface area (Å²) < 4.78 is 53.6. The Bertz CT molecular complexity index is 1230. The Morgan fingerprint density at radius 1 is 0.970 bits per heavy atom. The maximum atomic E-state index is 12.9. The minimum atomic E-state index is -3.89. The van der Waals surface area contributed by atoms with Crippen LogP contribution in [0.4, 0.5) is 0 Å². The van der Waals surface area contributed by atoms with Gasteiger partial charge < -0.3 is 10.0 Å². The first kappa shape index (κ1) is 25.2. The molecule has 3 rings (SSSR count). The number of aryl methyl sites for hydroxylation is 1. The number of aromatic hydroxyl groups is 1. The second-order valence-electron chi connectivity index (χ2n) is 8.31. The van der Waals surface area contributed by atoms with Crippen LogP contribution in [0, 0.1) is 6.92 Å². The van der Waals surface area contributed by atoms with Crippen LogP contribution in [0.25, 0.3) is 0 Å². The average molecular weight is 496 g/mol. The van der Waals surface area contributed by atoms with Crippen molar-refractivity contribution in [3.63, 3.8) is 0 Å². The van der Waals surface area contributed by atoms with Gasteiger partial charge in [0.25, 0.3) is 5.91 Å². The first-order valence-electron chi connectivity index (χ1n) is 10.5. The van der Waals surface area contributed by atoms with Crippen molar-refractivity contribution in [3.8, 4) is 5.75 Å². The largest absolute Gasteiger partial charge is 0.507 e. The van der Waals surface area contributed by atoms with Crippen molar-refractivity contribution in [2.45, 2.75) is 36.6 Å². The van der Waals surface area contributed by atoms with Gasteiger partial charge in [0.2, 0.25) is 20.0 Å². The van der Waals surface area contributed by atoms with Crippen LogP contribution in [-0.2, 0) is 20.0 Å². The highest BCUT2D eigenvalue weighted by Gasteiger charge is 2.32. The van der Waals surface area contributed by atoms with Gasteiger partial charge in [0.05, 0.1) is 4.90 Å². The fourth-order valence-electron chi connectivity index (χ4n) is 3.49. The molecule has 1 saturated heterocycles. The molecule has 1 amide bonds. The number of hydrogen-bond acceptors (Lipinski definition) is 6. The molecule has 1 N–H and O–H groups in total. The molecule has 33 heavy (non-hydrogen) atoms. The van der Waals surface area contributed by atoms with E-state index >= 15 is 0 Å². The molecule has 0 spiro atoms. The monoisotopic (exact) mass is 495 g/mol. The van der Waals surface area contributed by atoms with E-state index in [1.165, 1.54) is 57.0 Å². The number of phenolic OH excluding ortho intramolecular Hbond substituents is 1. The molecular formula is C22H29N3O6S2. The fourth-order valence-corrected chi connectivity index (χ4v) is 6.45. The highest BCUT2D eigenvalue weighted by Crippen LogP contribution is 2.27. The smallest absolute Gasteiger partial charge is 0.253 e. The van der Waals surface area contributed by atoms with E-state index in [0.29, 0.717) is 11.1 Å². The van der Waals surface area contributed by atoms with Crippen LogP contribution in [0.15, 0.2) is 52.3 Å². The van der Waals surface area contributed by atoms with Gasteiger partial charge in [0.15, 0.2) is 0 Å². The van der Waals surface area contributed by atoms with Crippen LogP contribution in [0.1, 0.15) is 29.8 Å². The molecule has 0 radical (unpaired) electrons. The van der Waals surface area contributed by atoms with E-state index in [2.05, 4.69) is 0 Å². The molecule has 11 heteroatoms. The van der Waals surface area contributed by atoms with E-state index in [-0.39, 0.29) is 53.7 Å². The van der Waals surface area contributed by atoms with Gasteiger partial charge in [0, 0.05) is 44.8 Å². The van der Waals surface area contributed by atoms with Crippen LogP contribution in [0.3, 0.4) is 0 Å². The SMILES string of the molecule is Cc1ccc(O)c(S(=O)(=O)N2CCN(C(=O)c3ccc(S(=O)(=O)N(C)C(C)C)cc3)CC2)c1. The molecule has 1 aliphatic heterocycles. The lowest BCUT2D eigenvalue weighted by molar-refractivity contribution is 0.0697. The normalized spacial score (nSPS) is 15.9. The Labute approximate surface area is 195 Å². The standard InChI is InChI=1S/C22H29N3O6S2/c1-16(2)23(4)32(28,29)19-8-6-18(7-9-19)22(27)24-11-13-25(14-12-24)33(30,31)21-15-17(3)5-10-20(21)26/h5-10,15-16,26H,11-14H2,1-4H3. The quantitative estimate of drug-likeness (QED) is 0.654. The van der Waals surface area contributed by atoms with Crippen molar-refractivity contribution >= 4 is 26.0 Å². The Morgan fingerprint density at radius 2 is 1.55 bits per heavy atom. The molecule has 1 heterocycles. The summed E-state index contributed by atoms with van der Waals surface area (Å²) in [5.74, 6) is -0.608. The van der Waals surface area contributed by atoms with Gasteiger partial charge in [-0.2, -0.15) is 8.61 Å². The van der Waals surface area contributed by atoms with Gasteiger partial charge in [-0.15, -0.1) is 0 Å². The molecule has 1 fully saturated rings. The predicted molar refractivity (Wildman–Crippen MR) is 124 cm³/mol. The van der Waals surface area contributed by atoms with Gasteiger partial charge >= 0.3 is 0 Å². The first-order valence-corrected chi connectivity index (χ1v) is 13.4. The number of piperazine rings is 1. The van der Waals surface area contributed by atoms with Crippen LogP contribution < -0.4 is 0 Å². The number of hydrogen-bond donors (Lipinski definition) is 1. The summed E-state index contributed by atoms with van der Waals surface area (Å²) in [4.78, 5) is 14.4. The second kappa shape index (κ2) is 9.41. The molecule has 0 bridgehead atoms. The van der Waals surface area contributed by atoms with Gasteiger partial charge in [-0.25, -0.2) is 16.8 Å². The number of carbonyl (C=O) groups excluding carboxylic acids is 1. The van der Waals surface area contributed by atoms with E-state index in [1.807, 2.05) is 0 Å². The first-order chi connectivity index (χ1) is 15.4. The summed E-state index contributed by atoms with van der Waals surface area (Å²) >= 11 is 0. The van der Waals surface area contributed by atoms with Gasteiger partial charge in [0.1, 0.15) is 10.6 Å². The third-order valence-electron chi connectivity index (χ3n) is 5.76. The number of phenols is 1. The molecule has 0 saturated carbocycles. The number of nitrogens with zero attached hydrogens (tertiary/aromatic N) is 3. The van der Waals surface area contributed by atoms with E-state index < -0.39 is 20.0 Å². The van der Waals surface area contributed by atoms with Crippen LogP contribution in [-0.4, -0.2) is 80.6 Å². The van der Waals surface area contributed by atoms with Crippen molar-refractivity contribution < 1.29 is 26.7 Å². The molecule has 0 aromatic heterocycles. The molecular weight excluding hydrogens is 466 g/mol. The van der Waals surface area contributed by atoms with Gasteiger partial charge in [-0.05, 0) is 62.7 Å². The second-order valence-corrected chi connectivity index (χ2v) is 12.2. The summed E-state index contributed by atoms with van der Waals surface area (Å²) in [6, 6.07) is 9.95. The maximum absolute atomic E-state index is 12.9. The summed E-state index contributed by atoms with van der Waals surface area (Å²) in [6.45, 7) is 5.83. The minimum Gasteiger partial charge on any atom is -0.507 e. The third kappa shape index (κ3) is 5.06. The number of sulfonamides is 2. The van der Waals surface area contributed by atoms with E-state index in [1.54, 1.807) is 26.8 Å². The highest BCUT2D eigenvalue weighted by atomic mass is 32.2. The average Bonchev–Trinajstić information content (AvgIpc) is 2.79. The highest BCUT2D eigenvalue weighted by molar-refractivity contribution is 7.89. The van der Waals surface area contributed by atoms with Crippen molar-refractivity contribution in [3.05, 3.63) is 53.6 Å². The zero-order valence-electron chi connectivity index (χ0n) is 19.1. The Hall–Kier alpha value is -2.47. The predicted octanol–water partition coefficient (Wildman–Crippen LogP) is 1.88. The lowest BCUT2D eigenvalue weighted by Crippen LogP contribution is -2.50. The lowest BCUT2D eigenvalue weighted by Gasteiger charge is -2.34. The summed E-state index contributed by atoms with van der Waals surface area (Å²) in [5.41, 5.74) is 1.04. The molecule has 180 valence electrons. The summed E-state index contributed by atoms with van der Waals surface area (Å²) in [5, 5.41) is 10.0. The van der Waals surface area contributed by atoms with Crippen molar-refractivity contribution in [2.24, 2.45) is 0 Å². The summed E-state index contributed by atoms with van der Waals surface area (Å²) in [6.07, 6.45) is 0. The molecule has 0 aliphatic carbocycles. The van der Waals surface area contributed by atoms with Crippen molar-refractivity contribution in [2.75, 3.05) is 33.2 Å². The van der Waals surface area contributed by atoms with Crippen LogP contribution in [0.2, 0.25) is 0 Å². The maximum Gasteiger partial charge on any atom is 0.253 e. The van der Waals surface area contributed by atoms with Gasteiger partial charge in [-0.1, -0.05) is 6.07 Å². The number of amides is 1. The molecule has 9 nitrogen and oxygen atoms in total. The zero-order valence-corrected chi connectivity index (χ0v) is 20.7. The van der Waals surface area contributed by atoms with Crippen LogP contribution in [0.5, 0.6) is 5.75 Å². The fraction of sp³-hybridized carbons (Fsp3) is 0.409. The number of carbonyl (C=O) groups is 1. The summed E-state index contributed by atoms with van der Waals surface area (Å²) in [7, 11) is -6.04. The molecule has 2 aromatic carbocycles. The third-order valence-corrected chi connectivity index (χ3v) is 9.74. The molecule has 0 atom stereocenters. The Kier molecular flexibility index (Phi) is 7.18. The van der Waals surface area contributed by atoms with E-state index in [4.69, 9.17) is 0 Å². The van der Waals surface area contributed by atoms with Crippen molar-refractivity contribution in [1.82, 2.24) is 13.5 Å². The lowest BCUT2D eigenvalue weighted by atomic mass is 10.2. The number of benzene rings is 2. The Morgan fingerprint density at radius 3 is 2.09 bits per heavy atom. The van der Waals surface area contributed by atoms with E-state index in [9.17, 15) is 26.7 Å². The Balaban J connectivity index is 1.70. The molecule has 0 unspecified atom stereocenters. The van der Waals surface area contributed by atoms with Crippen molar-refractivity contribution in [1.29, 1.82) is 0 Å². The topological polar surface area (TPSA) is 115 Å². The van der Waals surface area contributed by atoms with Gasteiger partial charge in [-0.3, -0.25) is 4.79 Å². The van der Waals surface area contributed by atoms with Crippen LogP contribution >= 0.6 is 0 Å². The molecule has 2 aromatic rings.